The molecule has 5 heteroatoms. The minimum Gasteiger partial charge on any atom is -0.311 e. The molecule has 0 amide bonds. The van der Waals surface area contributed by atoms with Gasteiger partial charge in [0.2, 0.25) is 0 Å². The fourth-order valence-corrected chi connectivity index (χ4v) is 9.93. The lowest BCUT2D eigenvalue weighted by Crippen LogP contribution is -2.09. The van der Waals surface area contributed by atoms with Crippen LogP contribution in [0.5, 0.6) is 0 Å². The third kappa shape index (κ3) is 5.19. The first kappa shape index (κ1) is 29.3. The highest BCUT2D eigenvalue weighted by molar-refractivity contribution is 7.25. The van der Waals surface area contributed by atoms with Crippen LogP contribution in [0.15, 0.2) is 170 Å². The second-order valence-electron chi connectivity index (χ2n) is 12.4. The van der Waals surface area contributed by atoms with Crippen molar-refractivity contribution in [1.82, 2.24) is 4.98 Å². The quantitative estimate of drug-likeness (QED) is 0.172. The number of thiazole rings is 1. The fraction of sp³-hybridized carbons (Fsp3) is 0. The van der Waals surface area contributed by atoms with E-state index >= 15 is 0 Å². The summed E-state index contributed by atoms with van der Waals surface area (Å²) in [6.45, 7) is 0. The highest BCUT2D eigenvalue weighted by atomic mass is 32.1. The number of fused-ring (bicyclic) bond motifs is 5. The van der Waals surface area contributed by atoms with E-state index in [4.69, 9.17) is 4.98 Å². The topological polar surface area (TPSA) is 16.1 Å². The molecule has 50 heavy (non-hydrogen) atoms. The average Bonchev–Trinajstić information content (AvgIpc) is 3.91. The zero-order valence-electron chi connectivity index (χ0n) is 26.8. The van der Waals surface area contributed by atoms with Gasteiger partial charge in [-0.2, -0.15) is 0 Å². The van der Waals surface area contributed by atoms with Gasteiger partial charge in [-0.1, -0.05) is 78.9 Å². The lowest BCUT2D eigenvalue weighted by atomic mass is 10.0. The van der Waals surface area contributed by atoms with Gasteiger partial charge in [-0.25, -0.2) is 4.98 Å². The third-order valence-electron chi connectivity index (χ3n) is 9.34. The molecule has 7 aromatic carbocycles. The van der Waals surface area contributed by atoms with Crippen LogP contribution in [0.3, 0.4) is 0 Å². The van der Waals surface area contributed by atoms with Gasteiger partial charge in [-0.05, 0) is 113 Å². The van der Waals surface area contributed by atoms with Gasteiger partial charge in [0.05, 0.1) is 10.2 Å². The van der Waals surface area contributed by atoms with Crippen molar-refractivity contribution in [2.45, 2.75) is 0 Å². The predicted octanol–water partition coefficient (Wildman–Crippen LogP) is 14.3. The third-order valence-corrected chi connectivity index (χ3v) is 12.7. The van der Waals surface area contributed by atoms with Gasteiger partial charge in [0, 0.05) is 52.4 Å². The van der Waals surface area contributed by atoms with E-state index in [0.29, 0.717) is 0 Å². The molecular weight excluding hydrogens is 665 g/mol. The molecule has 10 rings (SSSR count). The number of para-hydroxylation sites is 1. The lowest BCUT2D eigenvalue weighted by Gasteiger charge is -2.26. The Bertz CT molecular complexity index is 2620. The average molecular weight is 693 g/mol. The summed E-state index contributed by atoms with van der Waals surface area (Å²) < 4.78 is 5.18. The monoisotopic (exact) mass is 692 g/mol. The number of benzene rings is 7. The van der Waals surface area contributed by atoms with E-state index in [9.17, 15) is 0 Å². The van der Waals surface area contributed by atoms with Crippen LogP contribution in [0, 0.1) is 0 Å². The number of rotatable bonds is 6. The van der Waals surface area contributed by atoms with Crippen LogP contribution in [0.4, 0.5) is 17.1 Å². The maximum absolute atomic E-state index is 4.91. The molecule has 0 spiro atoms. The molecule has 236 valence electrons. The molecule has 0 aliphatic heterocycles. The number of nitrogens with zero attached hydrogens (tertiary/aromatic N) is 2. The molecule has 0 radical (unpaired) electrons. The molecular formula is C45H28N2S3. The summed E-state index contributed by atoms with van der Waals surface area (Å²) in [6.07, 6.45) is 0. The number of thiophene rings is 2. The second-order valence-corrected chi connectivity index (χ2v) is 15.6. The van der Waals surface area contributed by atoms with Crippen LogP contribution < -0.4 is 4.90 Å². The molecule has 10 aromatic rings. The van der Waals surface area contributed by atoms with Gasteiger partial charge in [0.25, 0.3) is 0 Å². The number of anilines is 3. The van der Waals surface area contributed by atoms with Crippen molar-refractivity contribution < 1.29 is 0 Å². The van der Waals surface area contributed by atoms with Gasteiger partial charge in [-0.15, -0.1) is 34.0 Å². The highest BCUT2D eigenvalue weighted by Crippen LogP contribution is 2.41. The van der Waals surface area contributed by atoms with E-state index in [2.05, 4.69) is 169 Å². The van der Waals surface area contributed by atoms with E-state index < -0.39 is 0 Å². The molecule has 0 aliphatic carbocycles. The van der Waals surface area contributed by atoms with Crippen molar-refractivity contribution in [3.8, 4) is 32.1 Å². The molecule has 0 saturated heterocycles. The summed E-state index contributed by atoms with van der Waals surface area (Å²) >= 11 is 5.44. The van der Waals surface area contributed by atoms with Crippen molar-refractivity contribution in [3.63, 3.8) is 0 Å². The predicted molar refractivity (Wildman–Crippen MR) is 219 cm³/mol. The summed E-state index contributed by atoms with van der Waals surface area (Å²) in [7, 11) is 0. The van der Waals surface area contributed by atoms with Crippen molar-refractivity contribution in [2.75, 3.05) is 4.90 Å². The van der Waals surface area contributed by atoms with Crippen LogP contribution >= 0.6 is 34.0 Å². The minimum absolute atomic E-state index is 1.04. The number of hydrogen-bond donors (Lipinski definition) is 0. The van der Waals surface area contributed by atoms with Crippen molar-refractivity contribution in [1.29, 1.82) is 0 Å². The molecule has 0 N–H and O–H groups in total. The molecule has 0 aliphatic rings. The number of hydrogen-bond acceptors (Lipinski definition) is 5. The normalized spacial score (nSPS) is 11.6. The van der Waals surface area contributed by atoms with Gasteiger partial charge in [0.15, 0.2) is 0 Å². The fourth-order valence-electron chi connectivity index (χ4n) is 6.80. The van der Waals surface area contributed by atoms with E-state index in [0.717, 1.165) is 33.1 Å². The lowest BCUT2D eigenvalue weighted by molar-refractivity contribution is 1.28. The van der Waals surface area contributed by atoms with Crippen LogP contribution in [-0.4, -0.2) is 4.98 Å². The Morgan fingerprint density at radius 3 is 1.68 bits per heavy atom. The molecule has 0 unspecified atom stereocenters. The Balaban J connectivity index is 1.03. The van der Waals surface area contributed by atoms with Crippen LogP contribution in [0.2, 0.25) is 0 Å². The first-order valence-electron chi connectivity index (χ1n) is 16.6. The Hall–Kier alpha value is -5.59. The summed E-state index contributed by atoms with van der Waals surface area (Å²) in [6, 6.07) is 61.6. The second kappa shape index (κ2) is 12.1. The molecule has 3 aromatic heterocycles. The molecule has 0 fully saturated rings. The maximum Gasteiger partial charge on any atom is 0.124 e. The summed E-state index contributed by atoms with van der Waals surface area (Å²) in [4.78, 5) is 8.53. The van der Waals surface area contributed by atoms with Crippen molar-refractivity contribution >= 4 is 91.5 Å². The zero-order valence-corrected chi connectivity index (χ0v) is 29.2. The molecule has 0 atom stereocenters. The zero-order chi connectivity index (χ0) is 33.0. The van der Waals surface area contributed by atoms with Crippen molar-refractivity contribution in [3.05, 3.63) is 170 Å². The number of aromatic nitrogens is 1. The first-order chi connectivity index (χ1) is 24.7. The van der Waals surface area contributed by atoms with Gasteiger partial charge in [0.1, 0.15) is 5.01 Å². The Labute approximate surface area is 301 Å². The maximum atomic E-state index is 4.91. The van der Waals surface area contributed by atoms with Gasteiger partial charge in [-0.3, -0.25) is 0 Å². The highest BCUT2D eigenvalue weighted by Gasteiger charge is 2.16. The minimum atomic E-state index is 1.04. The first-order valence-corrected chi connectivity index (χ1v) is 19.1. The van der Waals surface area contributed by atoms with Crippen LogP contribution in [0.1, 0.15) is 0 Å². The molecule has 2 nitrogen and oxygen atoms in total. The van der Waals surface area contributed by atoms with Crippen LogP contribution in [-0.2, 0) is 0 Å². The summed E-state index contributed by atoms with van der Waals surface area (Å²) in [5.41, 5.74) is 9.16. The Kier molecular flexibility index (Phi) is 7.09. The Morgan fingerprint density at radius 2 is 0.960 bits per heavy atom. The molecule has 3 heterocycles. The van der Waals surface area contributed by atoms with E-state index in [-0.39, 0.29) is 0 Å². The van der Waals surface area contributed by atoms with E-state index in [1.807, 2.05) is 28.7 Å². The van der Waals surface area contributed by atoms with Gasteiger partial charge >= 0.3 is 0 Å². The molecule has 0 saturated carbocycles. The van der Waals surface area contributed by atoms with E-state index in [1.54, 1.807) is 11.3 Å². The largest absolute Gasteiger partial charge is 0.311 e. The van der Waals surface area contributed by atoms with Gasteiger partial charge < -0.3 is 4.90 Å². The molecule has 0 bridgehead atoms. The summed E-state index contributed by atoms with van der Waals surface area (Å²) in [5, 5.41) is 4.97. The van der Waals surface area contributed by atoms with Crippen LogP contribution in [0.25, 0.3) is 72.6 Å². The van der Waals surface area contributed by atoms with Crippen molar-refractivity contribution in [2.24, 2.45) is 0 Å². The smallest absolute Gasteiger partial charge is 0.124 e. The SMILES string of the molecule is c1ccc2sc(-c3ccc(N(c4ccc(-c5ccc6sc7ccccc7c6c5)cc4)c4ccc(-c5nc6ccccc6s5)cc4)cc3)cc2c1. The Morgan fingerprint density at radius 1 is 0.380 bits per heavy atom. The van der Waals surface area contributed by atoms with E-state index in [1.165, 1.54) is 56.5 Å². The summed E-state index contributed by atoms with van der Waals surface area (Å²) in [5.74, 6) is 0. The standard InChI is InChI=1S/C45H28N2S3/c1-4-10-40-33(7-1)28-44(48-40)30-15-22-35(23-16-30)47(36-24-17-31(18-25-36)45-46-39-9-3-6-12-43(39)50-45)34-20-13-29(14-21-34)32-19-26-42-38(27-32)37-8-2-5-11-41(37)49-42/h1-28H.